The molecule has 1 rings (SSSR count). The van der Waals surface area contributed by atoms with Gasteiger partial charge in [0.05, 0.1) is 6.10 Å². The van der Waals surface area contributed by atoms with E-state index >= 15 is 0 Å². The summed E-state index contributed by atoms with van der Waals surface area (Å²) in [4.78, 5) is 10.0. The molecule has 3 heteroatoms. The van der Waals surface area contributed by atoms with Gasteiger partial charge in [-0.25, -0.2) is 4.79 Å². The first-order chi connectivity index (χ1) is 7.43. The van der Waals surface area contributed by atoms with Crippen molar-refractivity contribution in [2.45, 2.75) is 65.8 Å². The standard InChI is InChI=1S/C13H23O3/c1-10(15-9-14)16-12-7-5-11(6-8-12)13(2,3)4/h10-12H,5-8H2,1-4H3. The number of hydrogen-bond donors (Lipinski definition) is 0. The first-order valence-electron chi connectivity index (χ1n) is 6.11. The third-order valence-electron chi connectivity index (χ3n) is 3.50. The molecule has 0 amide bonds. The largest absolute Gasteiger partial charge is 0.428 e. The van der Waals surface area contributed by atoms with Crippen LogP contribution in [0.2, 0.25) is 0 Å². The van der Waals surface area contributed by atoms with Gasteiger partial charge in [0.15, 0.2) is 0 Å². The lowest BCUT2D eigenvalue weighted by Crippen LogP contribution is -2.31. The molecule has 0 saturated heterocycles. The van der Waals surface area contributed by atoms with Crippen LogP contribution in [0.15, 0.2) is 0 Å². The Morgan fingerprint density at radius 2 is 1.75 bits per heavy atom. The highest BCUT2D eigenvalue weighted by Crippen LogP contribution is 2.38. The van der Waals surface area contributed by atoms with Crippen molar-refractivity contribution >= 4 is 6.47 Å². The normalized spacial score (nSPS) is 28.5. The summed E-state index contributed by atoms with van der Waals surface area (Å²) in [5.74, 6) is 0.779. The van der Waals surface area contributed by atoms with Crippen LogP contribution in [0.4, 0.5) is 0 Å². The fraction of sp³-hybridized carbons (Fsp3) is 0.923. The van der Waals surface area contributed by atoms with Crippen molar-refractivity contribution in [2.24, 2.45) is 11.3 Å². The van der Waals surface area contributed by atoms with Crippen molar-refractivity contribution in [1.82, 2.24) is 0 Å². The maximum atomic E-state index is 10.0. The van der Waals surface area contributed by atoms with Gasteiger partial charge >= 0.3 is 6.47 Å². The zero-order chi connectivity index (χ0) is 12.2. The van der Waals surface area contributed by atoms with Gasteiger partial charge in [-0.05, 0) is 43.9 Å². The fourth-order valence-electron chi connectivity index (χ4n) is 2.43. The quantitative estimate of drug-likeness (QED) is 0.692. The molecular weight excluding hydrogens is 204 g/mol. The summed E-state index contributed by atoms with van der Waals surface area (Å²) in [6.07, 6.45) is 4.30. The van der Waals surface area contributed by atoms with Gasteiger partial charge < -0.3 is 9.47 Å². The SMILES string of the molecule is CC(O[C]=O)OC1CCC(C(C)(C)C)CC1. The summed E-state index contributed by atoms with van der Waals surface area (Å²) in [6, 6.07) is 0. The lowest BCUT2D eigenvalue weighted by Gasteiger charge is -2.37. The van der Waals surface area contributed by atoms with E-state index in [9.17, 15) is 4.79 Å². The molecule has 0 heterocycles. The highest BCUT2D eigenvalue weighted by molar-refractivity contribution is 5.38. The van der Waals surface area contributed by atoms with Crippen LogP contribution in [-0.2, 0) is 14.3 Å². The van der Waals surface area contributed by atoms with Gasteiger partial charge in [-0.15, -0.1) is 0 Å². The molecule has 0 bridgehead atoms. The molecule has 0 aromatic rings. The van der Waals surface area contributed by atoms with E-state index in [1.807, 2.05) is 0 Å². The molecule has 0 spiro atoms. The van der Waals surface area contributed by atoms with E-state index in [1.54, 1.807) is 6.92 Å². The molecule has 0 aromatic carbocycles. The number of ether oxygens (including phenoxy) is 2. The summed E-state index contributed by atoms with van der Waals surface area (Å²) in [5.41, 5.74) is 0.393. The lowest BCUT2D eigenvalue weighted by atomic mass is 9.72. The van der Waals surface area contributed by atoms with Crippen LogP contribution in [0.1, 0.15) is 53.4 Å². The molecule has 1 saturated carbocycles. The molecule has 0 N–H and O–H groups in total. The third kappa shape index (κ3) is 4.12. The Morgan fingerprint density at radius 1 is 1.19 bits per heavy atom. The summed E-state index contributed by atoms with van der Waals surface area (Å²) in [7, 11) is 0. The monoisotopic (exact) mass is 227 g/mol. The fourth-order valence-corrected chi connectivity index (χ4v) is 2.43. The molecule has 1 fully saturated rings. The first kappa shape index (κ1) is 13.5. The molecule has 0 aliphatic heterocycles. The van der Waals surface area contributed by atoms with E-state index in [0.717, 1.165) is 18.8 Å². The zero-order valence-corrected chi connectivity index (χ0v) is 10.8. The maximum absolute atomic E-state index is 10.0. The maximum Gasteiger partial charge on any atom is 0.419 e. The molecule has 1 radical (unpaired) electrons. The van der Waals surface area contributed by atoms with Gasteiger partial charge in [0.1, 0.15) is 0 Å². The van der Waals surface area contributed by atoms with Crippen molar-refractivity contribution in [2.75, 3.05) is 0 Å². The summed E-state index contributed by atoms with van der Waals surface area (Å²) in [5, 5.41) is 0. The molecule has 1 aliphatic rings. The lowest BCUT2D eigenvalue weighted by molar-refractivity contribution is -0.129. The Bertz CT molecular complexity index is 212. The zero-order valence-electron chi connectivity index (χ0n) is 10.8. The van der Waals surface area contributed by atoms with Gasteiger partial charge in [0, 0.05) is 0 Å². The summed E-state index contributed by atoms with van der Waals surface area (Å²) < 4.78 is 10.2. The minimum Gasteiger partial charge on any atom is -0.428 e. The molecule has 1 unspecified atom stereocenters. The molecule has 3 nitrogen and oxygen atoms in total. The van der Waals surface area contributed by atoms with Crippen LogP contribution < -0.4 is 0 Å². The average Bonchev–Trinajstić information content (AvgIpc) is 2.17. The van der Waals surface area contributed by atoms with Crippen molar-refractivity contribution in [3.63, 3.8) is 0 Å². The van der Waals surface area contributed by atoms with Crippen LogP contribution in [-0.4, -0.2) is 18.9 Å². The van der Waals surface area contributed by atoms with E-state index < -0.39 is 6.29 Å². The second-order valence-corrected chi connectivity index (χ2v) is 5.74. The van der Waals surface area contributed by atoms with Crippen molar-refractivity contribution in [3.05, 3.63) is 0 Å². The van der Waals surface area contributed by atoms with Crippen molar-refractivity contribution in [3.8, 4) is 0 Å². The van der Waals surface area contributed by atoms with E-state index in [-0.39, 0.29) is 6.10 Å². The highest BCUT2D eigenvalue weighted by Gasteiger charge is 2.30. The molecular formula is C13H23O3. The van der Waals surface area contributed by atoms with E-state index in [1.165, 1.54) is 19.3 Å². The highest BCUT2D eigenvalue weighted by atomic mass is 16.7. The number of rotatable bonds is 4. The minimum absolute atomic E-state index is 0.238. The second-order valence-electron chi connectivity index (χ2n) is 5.74. The van der Waals surface area contributed by atoms with Crippen LogP contribution in [0, 0.1) is 11.3 Å². The van der Waals surface area contributed by atoms with Crippen LogP contribution in [0.3, 0.4) is 0 Å². The molecule has 0 aromatic heterocycles. The van der Waals surface area contributed by atoms with Crippen molar-refractivity contribution in [1.29, 1.82) is 0 Å². The van der Waals surface area contributed by atoms with Gasteiger partial charge in [-0.2, -0.15) is 0 Å². The molecule has 16 heavy (non-hydrogen) atoms. The predicted octanol–water partition coefficient (Wildman–Crippen LogP) is 3.04. The van der Waals surface area contributed by atoms with E-state index in [0.29, 0.717) is 5.41 Å². The average molecular weight is 227 g/mol. The molecule has 1 atom stereocenters. The number of hydrogen-bond acceptors (Lipinski definition) is 3. The Balaban J connectivity index is 2.29. The molecule has 1 aliphatic carbocycles. The minimum atomic E-state index is -0.464. The smallest absolute Gasteiger partial charge is 0.419 e. The van der Waals surface area contributed by atoms with E-state index in [2.05, 4.69) is 25.5 Å². The van der Waals surface area contributed by atoms with Gasteiger partial charge in [-0.3, -0.25) is 0 Å². The van der Waals surface area contributed by atoms with Crippen LogP contribution in [0.25, 0.3) is 0 Å². The Kier molecular flexibility index (Phi) is 4.78. The molecule has 93 valence electrons. The van der Waals surface area contributed by atoms with Crippen molar-refractivity contribution < 1.29 is 14.3 Å². The summed E-state index contributed by atoms with van der Waals surface area (Å²) >= 11 is 0. The second kappa shape index (κ2) is 5.67. The van der Waals surface area contributed by atoms with E-state index in [4.69, 9.17) is 4.74 Å². The van der Waals surface area contributed by atoms with Crippen LogP contribution in [0.5, 0.6) is 0 Å². The Morgan fingerprint density at radius 3 is 2.19 bits per heavy atom. The van der Waals surface area contributed by atoms with Crippen LogP contribution >= 0.6 is 0 Å². The topological polar surface area (TPSA) is 35.5 Å². The van der Waals surface area contributed by atoms with Gasteiger partial charge in [0.25, 0.3) is 0 Å². The first-order valence-corrected chi connectivity index (χ1v) is 6.11. The predicted molar refractivity (Wildman–Crippen MR) is 62.5 cm³/mol. The Hall–Kier alpha value is -0.570. The third-order valence-corrected chi connectivity index (χ3v) is 3.50. The summed E-state index contributed by atoms with van der Waals surface area (Å²) in [6.45, 7) is 10.0. The van der Waals surface area contributed by atoms with Gasteiger partial charge in [0.2, 0.25) is 6.29 Å². The van der Waals surface area contributed by atoms with Gasteiger partial charge in [-0.1, -0.05) is 20.8 Å². The number of carbonyl (C=O) groups excluding carboxylic acids is 1. The Labute approximate surface area is 98.5 Å².